The van der Waals surface area contributed by atoms with Gasteiger partial charge < -0.3 is 14.8 Å². The third-order valence-electron chi connectivity index (χ3n) is 3.11. The quantitative estimate of drug-likeness (QED) is 0.840. The first-order valence-electron chi connectivity index (χ1n) is 7.26. The monoisotopic (exact) mass is 285 g/mol. The maximum Gasteiger partial charge on any atom is 0.119 e. The lowest BCUT2D eigenvalue weighted by Crippen LogP contribution is -2.12. The summed E-state index contributed by atoms with van der Waals surface area (Å²) in [6.07, 6.45) is 0.212. The first kappa shape index (κ1) is 15.4. The van der Waals surface area contributed by atoms with E-state index in [1.165, 1.54) is 11.1 Å². The number of ether oxygens (including phenoxy) is 2. The van der Waals surface area contributed by atoms with Crippen molar-refractivity contribution in [3.05, 3.63) is 59.7 Å². The van der Waals surface area contributed by atoms with Crippen molar-refractivity contribution >= 4 is 0 Å². The number of hydrogen-bond acceptors (Lipinski definition) is 3. The minimum absolute atomic E-state index is 0.212. The van der Waals surface area contributed by atoms with Crippen molar-refractivity contribution in [2.24, 2.45) is 0 Å². The van der Waals surface area contributed by atoms with Gasteiger partial charge in [-0.3, -0.25) is 0 Å². The summed E-state index contributed by atoms with van der Waals surface area (Å²) < 4.78 is 10.8. The second-order valence-corrected chi connectivity index (χ2v) is 5.26. The van der Waals surface area contributed by atoms with E-state index in [-0.39, 0.29) is 6.10 Å². The molecule has 0 unspecified atom stereocenters. The van der Waals surface area contributed by atoms with E-state index in [9.17, 15) is 0 Å². The molecule has 3 nitrogen and oxygen atoms in total. The maximum absolute atomic E-state index is 5.63. The average molecular weight is 285 g/mol. The van der Waals surface area contributed by atoms with E-state index in [0.29, 0.717) is 0 Å². The summed E-state index contributed by atoms with van der Waals surface area (Å²) in [6, 6.07) is 16.3. The van der Waals surface area contributed by atoms with E-state index in [4.69, 9.17) is 9.47 Å². The van der Waals surface area contributed by atoms with Crippen LogP contribution >= 0.6 is 0 Å². The second-order valence-electron chi connectivity index (χ2n) is 5.26. The van der Waals surface area contributed by atoms with E-state index < -0.39 is 0 Å². The normalized spacial score (nSPS) is 10.7. The third-order valence-corrected chi connectivity index (χ3v) is 3.11. The van der Waals surface area contributed by atoms with Crippen LogP contribution < -0.4 is 14.8 Å². The van der Waals surface area contributed by atoms with Gasteiger partial charge in [-0.15, -0.1) is 0 Å². The Kier molecular flexibility index (Phi) is 5.64. The molecule has 0 spiro atoms. The first-order valence-corrected chi connectivity index (χ1v) is 7.26. The van der Waals surface area contributed by atoms with Crippen LogP contribution in [-0.2, 0) is 13.1 Å². The van der Waals surface area contributed by atoms with Gasteiger partial charge in [0.05, 0.1) is 13.2 Å². The first-order chi connectivity index (χ1) is 10.2. The molecule has 0 aliphatic carbocycles. The molecule has 0 aliphatic rings. The molecule has 0 bridgehead atoms. The second kappa shape index (κ2) is 7.70. The number of rotatable bonds is 7. The van der Waals surface area contributed by atoms with E-state index >= 15 is 0 Å². The molecule has 2 aromatic rings. The summed E-state index contributed by atoms with van der Waals surface area (Å²) in [4.78, 5) is 0. The van der Waals surface area contributed by atoms with Crippen LogP contribution in [0.25, 0.3) is 0 Å². The highest BCUT2D eigenvalue weighted by Crippen LogP contribution is 2.14. The van der Waals surface area contributed by atoms with Gasteiger partial charge in [-0.1, -0.05) is 24.3 Å². The fourth-order valence-corrected chi connectivity index (χ4v) is 2.05. The highest BCUT2D eigenvalue weighted by Gasteiger charge is 1.99. The van der Waals surface area contributed by atoms with Crippen molar-refractivity contribution in [2.45, 2.75) is 33.0 Å². The predicted octanol–water partition coefficient (Wildman–Crippen LogP) is 3.77. The Balaban J connectivity index is 1.79. The molecule has 1 N–H and O–H groups in total. The van der Waals surface area contributed by atoms with Crippen LogP contribution in [-0.4, -0.2) is 13.2 Å². The predicted molar refractivity (Wildman–Crippen MR) is 85.7 cm³/mol. The van der Waals surface area contributed by atoms with Crippen LogP contribution in [0.5, 0.6) is 11.5 Å². The molecular weight excluding hydrogens is 262 g/mol. The smallest absolute Gasteiger partial charge is 0.119 e. The van der Waals surface area contributed by atoms with Crippen molar-refractivity contribution in [2.75, 3.05) is 7.11 Å². The van der Waals surface area contributed by atoms with Crippen LogP contribution in [0.3, 0.4) is 0 Å². The largest absolute Gasteiger partial charge is 0.497 e. The molecule has 0 heterocycles. The zero-order chi connectivity index (χ0) is 15.1. The van der Waals surface area contributed by atoms with Gasteiger partial charge in [-0.2, -0.15) is 0 Å². The Bertz CT molecular complexity index is 532. The molecule has 21 heavy (non-hydrogen) atoms. The number of benzene rings is 2. The SMILES string of the molecule is COc1ccc(CNCc2ccc(OC(C)C)cc2)cc1. The van der Waals surface area contributed by atoms with Gasteiger partial charge in [0.1, 0.15) is 11.5 Å². The highest BCUT2D eigenvalue weighted by atomic mass is 16.5. The lowest BCUT2D eigenvalue weighted by atomic mass is 10.2. The molecule has 0 fully saturated rings. The molecule has 3 heteroatoms. The van der Waals surface area contributed by atoms with Crippen LogP contribution in [0.2, 0.25) is 0 Å². The van der Waals surface area contributed by atoms with Gasteiger partial charge in [0.25, 0.3) is 0 Å². The van der Waals surface area contributed by atoms with Crippen molar-refractivity contribution in [3.8, 4) is 11.5 Å². The molecular formula is C18H23NO2. The Morgan fingerprint density at radius 2 is 1.29 bits per heavy atom. The molecule has 0 saturated carbocycles. The van der Waals surface area contributed by atoms with Crippen LogP contribution in [0, 0.1) is 0 Å². The average Bonchev–Trinajstić information content (AvgIpc) is 2.49. The molecule has 0 amide bonds. The Morgan fingerprint density at radius 1 is 0.810 bits per heavy atom. The molecule has 2 aromatic carbocycles. The van der Waals surface area contributed by atoms with Crippen LogP contribution in [0.4, 0.5) is 0 Å². The standard InChI is InChI=1S/C18H23NO2/c1-14(2)21-18-10-6-16(7-11-18)13-19-12-15-4-8-17(20-3)9-5-15/h4-11,14,19H,12-13H2,1-3H3. The Morgan fingerprint density at radius 3 is 1.71 bits per heavy atom. The fourth-order valence-electron chi connectivity index (χ4n) is 2.05. The Labute approximate surface area is 126 Å². The highest BCUT2D eigenvalue weighted by molar-refractivity contribution is 5.28. The van der Waals surface area contributed by atoms with Crippen molar-refractivity contribution in [3.63, 3.8) is 0 Å². The summed E-state index contributed by atoms with van der Waals surface area (Å²) in [5.74, 6) is 1.81. The lowest BCUT2D eigenvalue weighted by Gasteiger charge is -2.10. The molecule has 112 valence electrons. The lowest BCUT2D eigenvalue weighted by molar-refractivity contribution is 0.242. The van der Waals surface area contributed by atoms with Crippen LogP contribution in [0.1, 0.15) is 25.0 Å². The third kappa shape index (κ3) is 5.12. The summed E-state index contributed by atoms with van der Waals surface area (Å²) in [5, 5.41) is 3.43. The summed E-state index contributed by atoms with van der Waals surface area (Å²) >= 11 is 0. The van der Waals surface area contributed by atoms with E-state index in [1.54, 1.807) is 7.11 Å². The van der Waals surface area contributed by atoms with E-state index in [2.05, 4.69) is 29.6 Å². The Hall–Kier alpha value is -2.00. The summed E-state index contributed by atoms with van der Waals surface area (Å²) in [7, 11) is 1.68. The summed E-state index contributed by atoms with van der Waals surface area (Å²) in [5.41, 5.74) is 2.50. The van der Waals surface area contributed by atoms with Gasteiger partial charge in [-0.05, 0) is 49.2 Å². The molecule has 0 aromatic heterocycles. The minimum Gasteiger partial charge on any atom is -0.497 e. The molecule has 2 rings (SSSR count). The molecule has 0 atom stereocenters. The zero-order valence-corrected chi connectivity index (χ0v) is 12.9. The van der Waals surface area contributed by atoms with Gasteiger partial charge in [-0.25, -0.2) is 0 Å². The number of nitrogens with one attached hydrogen (secondary N) is 1. The van der Waals surface area contributed by atoms with Gasteiger partial charge in [0, 0.05) is 13.1 Å². The van der Waals surface area contributed by atoms with Crippen molar-refractivity contribution in [1.82, 2.24) is 5.32 Å². The molecule has 0 saturated heterocycles. The molecule has 0 aliphatic heterocycles. The van der Waals surface area contributed by atoms with Crippen molar-refractivity contribution < 1.29 is 9.47 Å². The summed E-state index contributed by atoms with van der Waals surface area (Å²) in [6.45, 7) is 5.75. The minimum atomic E-state index is 0.212. The number of hydrogen-bond donors (Lipinski definition) is 1. The number of methoxy groups -OCH3 is 1. The van der Waals surface area contributed by atoms with E-state index in [1.807, 2.05) is 38.1 Å². The van der Waals surface area contributed by atoms with E-state index in [0.717, 1.165) is 24.6 Å². The van der Waals surface area contributed by atoms with Gasteiger partial charge in [0.2, 0.25) is 0 Å². The van der Waals surface area contributed by atoms with Crippen LogP contribution in [0.15, 0.2) is 48.5 Å². The topological polar surface area (TPSA) is 30.5 Å². The van der Waals surface area contributed by atoms with Gasteiger partial charge >= 0.3 is 0 Å². The fraction of sp³-hybridized carbons (Fsp3) is 0.333. The zero-order valence-electron chi connectivity index (χ0n) is 12.9. The van der Waals surface area contributed by atoms with Gasteiger partial charge in [0.15, 0.2) is 0 Å². The van der Waals surface area contributed by atoms with Crippen molar-refractivity contribution in [1.29, 1.82) is 0 Å². The molecule has 0 radical (unpaired) electrons. The maximum atomic E-state index is 5.63.